The third-order valence-corrected chi connectivity index (χ3v) is 5.62. The molecule has 31 heavy (non-hydrogen) atoms. The Bertz CT molecular complexity index is 1020. The third kappa shape index (κ3) is 4.54. The molecule has 1 unspecified atom stereocenters. The van der Waals surface area contributed by atoms with Gasteiger partial charge in [0, 0.05) is 37.2 Å². The molecule has 7 nitrogen and oxygen atoms in total. The number of hydrogen-bond donors (Lipinski definition) is 2. The summed E-state index contributed by atoms with van der Waals surface area (Å²) in [5, 5.41) is 6.73. The number of primary amides is 1. The Kier molecular flexibility index (Phi) is 5.44. The van der Waals surface area contributed by atoms with Gasteiger partial charge in [0.25, 0.3) is 18.2 Å². The molecular weight excluding hydrogens is 418 g/mol. The number of hydrogen-bond acceptors (Lipinski definition) is 4. The van der Waals surface area contributed by atoms with Crippen LogP contribution in [0, 0.1) is 5.92 Å². The van der Waals surface area contributed by atoms with Gasteiger partial charge in [-0.2, -0.15) is 5.10 Å². The van der Waals surface area contributed by atoms with Crippen LogP contribution in [0.2, 0.25) is 0 Å². The molecule has 0 aliphatic heterocycles. The molecule has 2 fully saturated rings. The van der Waals surface area contributed by atoms with E-state index in [1.54, 1.807) is 0 Å². The molecule has 0 saturated heterocycles. The van der Waals surface area contributed by atoms with Gasteiger partial charge in [0.1, 0.15) is 11.4 Å². The maximum Gasteiger partial charge on any atom is 0.274 e. The molecule has 0 radical (unpaired) electrons. The van der Waals surface area contributed by atoms with E-state index in [0.29, 0.717) is 12.8 Å². The van der Waals surface area contributed by atoms with Gasteiger partial charge in [-0.05, 0) is 37.3 Å². The molecule has 0 spiro atoms. The second kappa shape index (κ2) is 7.93. The van der Waals surface area contributed by atoms with Crippen molar-refractivity contribution in [3.05, 3.63) is 41.0 Å². The van der Waals surface area contributed by atoms with Gasteiger partial charge in [0.05, 0.1) is 11.3 Å². The first-order chi connectivity index (χ1) is 14.6. The topological polar surface area (TPSA) is 103 Å². The predicted octanol–water partition coefficient (Wildman–Crippen LogP) is 3.88. The summed E-state index contributed by atoms with van der Waals surface area (Å²) in [6.45, 7) is -0.0480. The first-order valence-corrected chi connectivity index (χ1v) is 9.98. The molecular formula is C20H21F4N5O2. The fourth-order valence-electron chi connectivity index (χ4n) is 4.01. The van der Waals surface area contributed by atoms with Crippen LogP contribution in [0.25, 0.3) is 0 Å². The van der Waals surface area contributed by atoms with Crippen LogP contribution in [-0.2, 0) is 6.54 Å². The Morgan fingerprint density at radius 1 is 1.29 bits per heavy atom. The van der Waals surface area contributed by atoms with E-state index >= 15 is 0 Å². The van der Waals surface area contributed by atoms with Crippen molar-refractivity contribution in [1.29, 1.82) is 0 Å². The summed E-state index contributed by atoms with van der Waals surface area (Å²) in [5.41, 5.74) is 4.56. The Balaban J connectivity index is 1.68. The summed E-state index contributed by atoms with van der Waals surface area (Å²) in [4.78, 5) is 28.1. The SMILES string of the molecule is NC(=O)c1cc(NC(=O)c2c(C(F)F)c(C3CC3)nn2CC2CCC(F)(F)C2)ccn1. The standard InChI is InChI=1S/C20H21F4N5O2/c21-17(22)14-15(11-1-2-11)28-29(9-10-3-5-20(23,24)8-10)16(14)19(31)27-12-4-6-26-13(7-12)18(25)30/h4,6-7,10-11,17H,1-3,5,8-9H2,(H2,25,30)(H,26,27,31). The summed E-state index contributed by atoms with van der Waals surface area (Å²) in [7, 11) is 0. The highest BCUT2D eigenvalue weighted by Gasteiger charge is 2.42. The van der Waals surface area contributed by atoms with Crippen LogP contribution >= 0.6 is 0 Å². The summed E-state index contributed by atoms with van der Waals surface area (Å²) in [6, 6.07) is 2.61. The van der Waals surface area contributed by atoms with Gasteiger partial charge in [0.2, 0.25) is 5.92 Å². The molecule has 0 bridgehead atoms. The van der Waals surface area contributed by atoms with E-state index in [9.17, 15) is 27.2 Å². The van der Waals surface area contributed by atoms with Crippen LogP contribution in [0.15, 0.2) is 18.3 Å². The van der Waals surface area contributed by atoms with Crippen LogP contribution in [-0.4, -0.2) is 32.5 Å². The molecule has 2 aromatic heterocycles. The molecule has 0 aromatic carbocycles. The average Bonchev–Trinajstić information content (AvgIpc) is 3.38. The summed E-state index contributed by atoms with van der Waals surface area (Å²) in [6.07, 6.45) is -0.751. The zero-order chi connectivity index (χ0) is 22.3. The summed E-state index contributed by atoms with van der Waals surface area (Å²) < 4.78 is 56.3. The Morgan fingerprint density at radius 3 is 2.61 bits per heavy atom. The van der Waals surface area contributed by atoms with E-state index in [1.165, 1.54) is 18.3 Å². The van der Waals surface area contributed by atoms with E-state index in [-0.39, 0.29) is 54.5 Å². The lowest BCUT2D eigenvalue weighted by atomic mass is 10.1. The monoisotopic (exact) mass is 439 g/mol. The highest BCUT2D eigenvalue weighted by atomic mass is 19.3. The number of nitrogens with two attached hydrogens (primary N) is 1. The van der Waals surface area contributed by atoms with Gasteiger partial charge in [-0.15, -0.1) is 0 Å². The fourth-order valence-corrected chi connectivity index (χ4v) is 4.01. The number of carbonyl (C=O) groups excluding carboxylic acids is 2. The smallest absolute Gasteiger partial charge is 0.274 e. The molecule has 2 heterocycles. The molecule has 2 saturated carbocycles. The van der Waals surface area contributed by atoms with Crippen molar-refractivity contribution in [3.63, 3.8) is 0 Å². The Labute approximate surface area is 175 Å². The molecule has 11 heteroatoms. The van der Waals surface area contributed by atoms with Crippen molar-refractivity contribution in [2.75, 3.05) is 5.32 Å². The zero-order valence-electron chi connectivity index (χ0n) is 16.5. The van der Waals surface area contributed by atoms with Crippen LogP contribution in [0.1, 0.15) is 76.7 Å². The number of rotatable bonds is 7. The van der Waals surface area contributed by atoms with Crippen LogP contribution in [0.3, 0.4) is 0 Å². The van der Waals surface area contributed by atoms with Crippen molar-refractivity contribution >= 4 is 17.5 Å². The molecule has 2 amide bonds. The van der Waals surface area contributed by atoms with E-state index in [4.69, 9.17) is 5.73 Å². The van der Waals surface area contributed by atoms with E-state index < -0.39 is 35.6 Å². The predicted molar refractivity (Wildman–Crippen MR) is 102 cm³/mol. The molecule has 2 aromatic rings. The highest BCUT2D eigenvalue weighted by molar-refractivity contribution is 6.05. The second-order valence-corrected chi connectivity index (χ2v) is 8.12. The van der Waals surface area contributed by atoms with Crippen LogP contribution in [0.5, 0.6) is 0 Å². The molecule has 4 rings (SSSR count). The number of carbonyl (C=O) groups is 2. The molecule has 3 N–H and O–H groups in total. The second-order valence-electron chi connectivity index (χ2n) is 8.12. The van der Waals surface area contributed by atoms with Gasteiger partial charge in [-0.3, -0.25) is 19.3 Å². The Hall–Kier alpha value is -2.98. The van der Waals surface area contributed by atoms with Crippen molar-refractivity contribution < 1.29 is 27.2 Å². The van der Waals surface area contributed by atoms with Gasteiger partial charge in [0.15, 0.2) is 0 Å². The number of alkyl halides is 4. The summed E-state index contributed by atoms with van der Waals surface area (Å²) >= 11 is 0. The highest BCUT2D eigenvalue weighted by Crippen LogP contribution is 2.45. The summed E-state index contributed by atoms with van der Waals surface area (Å²) in [5.74, 6) is -5.10. The molecule has 2 aliphatic rings. The van der Waals surface area contributed by atoms with Crippen molar-refractivity contribution in [2.24, 2.45) is 11.7 Å². The van der Waals surface area contributed by atoms with Crippen molar-refractivity contribution in [3.8, 4) is 0 Å². The molecule has 166 valence electrons. The minimum atomic E-state index is -2.95. The van der Waals surface area contributed by atoms with Crippen molar-refractivity contribution in [1.82, 2.24) is 14.8 Å². The normalized spacial score (nSPS) is 20.2. The largest absolute Gasteiger partial charge is 0.364 e. The van der Waals surface area contributed by atoms with E-state index in [1.807, 2.05) is 0 Å². The Morgan fingerprint density at radius 2 is 2.03 bits per heavy atom. The van der Waals surface area contributed by atoms with Gasteiger partial charge < -0.3 is 11.1 Å². The fraction of sp³-hybridized carbons (Fsp3) is 0.500. The maximum atomic E-state index is 14.0. The third-order valence-electron chi connectivity index (χ3n) is 5.62. The quantitative estimate of drug-likeness (QED) is 0.639. The first kappa shape index (κ1) is 21.3. The van der Waals surface area contributed by atoms with Crippen LogP contribution in [0.4, 0.5) is 23.2 Å². The molecule has 1 atom stereocenters. The number of pyridine rings is 1. The van der Waals surface area contributed by atoms with Gasteiger partial charge >= 0.3 is 0 Å². The van der Waals surface area contributed by atoms with Crippen molar-refractivity contribution in [2.45, 2.75) is 56.9 Å². The van der Waals surface area contributed by atoms with Crippen LogP contribution < -0.4 is 11.1 Å². The average molecular weight is 439 g/mol. The number of anilines is 1. The number of nitrogens with zero attached hydrogens (tertiary/aromatic N) is 3. The van der Waals surface area contributed by atoms with E-state index in [2.05, 4.69) is 15.4 Å². The lowest BCUT2D eigenvalue weighted by Crippen LogP contribution is -2.22. The minimum absolute atomic E-state index is 0.0480. The van der Waals surface area contributed by atoms with Gasteiger partial charge in [-0.1, -0.05) is 0 Å². The molecule has 2 aliphatic carbocycles. The lowest BCUT2D eigenvalue weighted by molar-refractivity contribution is 0.00419. The number of aromatic nitrogens is 3. The minimum Gasteiger partial charge on any atom is -0.364 e. The van der Waals surface area contributed by atoms with Gasteiger partial charge in [-0.25, -0.2) is 17.6 Å². The first-order valence-electron chi connectivity index (χ1n) is 9.98. The lowest BCUT2D eigenvalue weighted by Gasteiger charge is -2.14. The number of nitrogens with one attached hydrogen (secondary N) is 1. The number of amides is 2. The maximum absolute atomic E-state index is 14.0. The zero-order valence-corrected chi connectivity index (χ0v) is 16.5. The van der Waals surface area contributed by atoms with E-state index in [0.717, 1.165) is 4.68 Å². The number of halogens is 4.